The van der Waals surface area contributed by atoms with Gasteiger partial charge in [0.05, 0.1) is 11.8 Å². The van der Waals surface area contributed by atoms with Crippen LogP contribution < -0.4 is 11.1 Å². The first kappa shape index (κ1) is 16.5. The summed E-state index contributed by atoms with van der Waals surface area (Å²) >= 11 is 1.28. The van der Waals surface area contributed by atoms with Crippen molar-refractivity contribution in [3.05, 3.63) is 41.7 Å². The molecular weight excluding hydrogens is 326 g/mol. The highest BCUT2D eigenvalue weighted by atomic mass is 32.2. The van der Waals surface area contributed by atoms with Gasteiger partial charge in [0.2, 0.25) is 5.91 Å². The van der Waals surface area contributed by atoms with E-state index in [-0.39, 0.29) is 0 Å². The molecule has 8 heteroatoms. The summed E-state index contributed by atoms with van der Waals surface area (Å²) in [5, 5.41) is 10.8. The molecular formula is C16H19N5O2S. The molecule has 0 bridgehead atoms. The Morgan fingerprint density at radius 1 is 1.33 bits per heavy atom. The number of hydrogen-bond donors (Lipinski definition) is 2. The van der Waals surface area contributed by atoms with Gasteiger partial charge in [-0.15, -0.1) is 10.2 Å². The lowest BCUT2D eigenvalue weighted by Crippen LogP contribution is -2.39. The fraction of sp³-hybridized carbons (Fsp3) is 0.375. The van der Waals surface area contributed by atoms with E-state index in [1.54, 1.807) is 6.92 Å². The van der Waals surface area contributed by atoms with Crippen LogP contribution in [0, 0.1) is 0 Å². The van der Waals surface area contributed by atoms with E-state index in [9.17, 15) is 9.59 Å². The molecule has 1 unspecified atom stereocenters. The molecule has 3 rings (SSSR count). The number of carbonyl (C=O) groups is 2. The van der Waals surface area contributed by atoms with Crippen LogP contribution in [0.5, 0.6) is 0 Å². The van der Waals surface area contributed by atoms with E-state index in [4.69, 9.17) is 5.73 Å². The Labute approximate surface area is 144 Å². The van der Waals surface area contributed by atoms with Crippen molar-refractivity contribution >= 4 is 23.7 Å². The monoisotopic (exact) mass is 345 g/mol. The SMILES string of the molecule is CC(Sc1nnc(C2CC2)n1Cc1ccccc1)C(=O)NC(N)=O. The van der Waals surface area contributed by atoms with E-state index >= 15 is 0 Å². The van der Waals surface area contributed by atoms with Gasteiger partial charge in [-0.05, 0) is 25.3 Å². The minimum absolute atomic E-state index is 0.435. The first-order chi connectivity index (χ1) is 11.5. The molecule has 1 aliphatic carbocycles. The number of benzene rings is 1. The zero-order valence-corrected chi connectivity index (χ0v) is 14.1. The number of nitrogens with zero attached hydrogens (tertiary/aromatic N) is 3. The lowest BCUT2D eigenvalue weighted by atomic mass is 10.2. The van der Waals surface area contributed by atoms with E-state index in [2.05, 4.69) is 20.1 Å². The molecule has 1 aromatic heterocycles. The van der Waals surface area contributed by atoms with Crippen molar-refractivity contribution in [2.75, 3.05) is 0 Å². The molecule has 0 saturated heterocycles. The van der Waals surface area contributed by atoms with Crippen LogP contribution >= 0.6 is 11.8 Å². The summed E-state index contributed by atoms with van der Waals surface area (Å²) in [6, 6.07) is 9.21. The van der Waals surface area contributed by atoms with Crippen LogP contribution in [-0.2, 0) is 11.3 Å². The number of imide groups is 1. The number of thioether (sulfide) groups is 1. The number of urea groups is 1. The highest BCUT2D eigenvalue weighted by molar-refractivity contribution is 8.00. The molecule has 126 valence electrons. The maximum Gasteiger partial charge on any atom is 0.318 e. The predicted molar refractivity (Wildman–Crippen MR) is 90.6 cm³/mol. The Bertz CT molecular complexity index is 742. The highest BCUT2D eigenvalue weighted by Gasteiger charge is 2.31. The Morgan fingerprint density at radius 2 is 2.04 bits per heavy atom. The smallest absolute Gasteiger partial charge is 0.318 e. The Hall–Kier alpha value is -2.35. The van der Waals surface area contributed by atoms with Gasteiger partial charge in [0, 0.05) is 5.92 Å². The average molecular weight is 345 g/mol. The van der Waals surface area contributed by atoms with E-state index in [1.807, 2.05) is 30.3 Å². The van der Waals surface area contributed by atoms with Crippen LogP contribution in [-0.4, -0.2) is 32.0 Å². The molecule has 24 heavy (non-hydrogen) atoms. The third kappa shape index (κ3) is 3.94. The van der Waals surface area contributed by atoms with Crippen LogP contribution in [0.1, 0.15) is 37.1 Å². The summed E-state index contributed by atoms with van der Waals surface area (Å²) in [4.78, 5) is 22.7. The van der Waals surface area contributed by atoms with Crippen LogP contribution in [0.4, 0.5) is 4.79 Å². The molecule has 3 amide bonds. The van der Waals surface area contributed by atoms with Crippen LogP contribution in [0.25, 0.3) is 0 Å². The van der Waals surface area contributed by atoms with Crippen LogP contribution in [0.3, 0.4) is 0 Å². The quantitative estimate of drug-likeness (QED) is 0.778. The number of primary amides is 1. The summed E-state index contributed by atoms with van der Waals surface area (Å²) in [5.74, 6) is 0.976. The fourth-order valence-electron chi connectivity index (χ4n) is 2.38. The van der Waals surface area contributed by atoms with Gasteiger partial charge in [-0.3, -0.25) is 10.1 Å². The summed E-state index contributed by atoms with van der Waals surface area (Å²) in [6.45, 7) is 2.37. The van der Waals surface area contributed by atoms with Crippen molar-refractivity contribution in [1.82, 2.24) is 20.1 Å². The van der Waals surface area contributed by atoms with Gasteiger partial charge in [-0.25, -0.2) is 4.79 Å². The van der Waals surface area contributed by atoms with E-state index in [1.165, 1.54) is 11.8 Å². The van der Waals surface area contributed by atoms with Crippen LogP contribution in [0.15, 0.2) is 35.5 Å². The summed E-state index contributed by atoms with van der Waals surface area (Å²) in [6.07, 6.45) is 2.24. The van der Waals surface area contributed by atoms with E-state index < -0.39 is 17.2 Å². The second-order valence-corrected chi connectivity index (χ2v) is 7.11. The molecule has 1 heterocycles. The number of nitrogens with one attached hydrogen (secondary N) is 1. The molecule has 1 fully saturated rings. The lowest BCUT2D eigenvalue weighted by molar-refractivity contribution is -0.119. The number of aromatic nitrogens is 3. The van der Waals surface area contributed by atoms with Gasteiger partial charge in [0.15, 0.2) is 5.16 Å². The Kier molecular flexibility index (Phi) is 4.84. The molecule has 0 spiro atoms. The number of carbonyl (C=O) groups excluding carboxylic acids is 2. The molecule has 0 radical (unpaired) electrons. The van der Waals surface area contributed by atoms with Gasteiger partial charge in [0.25, 0.3) is 0 Å². The average Bonchev–Trinajstić information content (AvgIpc) is 3.32. The maximum absolute atomic E-state index is 11.9. The van der Waals surface area contributed by atoms with Crippen molar-refractivity contribution in [1.29, 1.82) is 0 Å². The molecule has 7 nitrogen and oxygen atoms in total. The van der Waals surface area contributed by atoms with Crippen molar-refractivity contribution in [2.24, 2.45) is 5.73 Å². The molecule has 1 saturated carbocycles. The minimum Gasteiger partial charge on any atom is -0.351 e. The normalized spacial score (nSPS) is 15.0. The molecule has 1 aliphatic rings. The van der Waals surface area contributed by atoms with Crippen molar-refractivity contribution in [3.8, 4) is 0 Å². The minimum atomic E-state index is -0.850. The molecule has 2 aromatic rings. The summed E-state index contributed by atoms with van der Waals surface area (Å²) in [7, 11) is 0. The topological polar surface area (TPSA) is 103 Å². The van der Waals surface area contributed by atoms with Gasteiger partial charge < -0.3 is 10.3 Å². The summed E-state index contributed by atoms with van der Waals surface area (Å²) < 4.78 is 2.06. The van der Waals surface area contributed by atoms with Gasteiger partial charge in [-0.2, -0.15) is 0 Å². The number of nitrogens with two attached hydrogens (primary N) is 1. The second kappa shape index (κ2) is 7.04. The largest absolute Gasteiger partial charge is 0.351 e. The van der Waals surface area contributed by atoms with E-state index in [0.717, 1.165) is 24.2 Å². The first-order valence-electron chi connectivity index (χ1n) is 7.78. The maximum atomic E-state index is 11.9. The number of rotatable bonds is 6. The third-order valence-corrected chi connectivity index (χ3v) is 4.85. The Morgan fingerprint density at radius 3 is 2.67 bits per heavy atom. The molecule has 1 aromatic carbocycles. The standard InChI is InChI=1S/C16H19N5O2S/c1-10(14(22)18-15(17)23)24-16-20-19-13(12-7-8-12)21(16)9-11-5-3-2-4-6-11/h2-6,10,12H,7-9H2,1H3,(H3,17,18,22,23). The van der Waals surface area contributed by atoms with Gasteiger partial charge in [0.1, 0.15) is 5.82 Å². The highest BCUT2D eigenvalue weighted by Crippen LogP contribution is 2.40. The molecule has 1 atom stereocenters. The summed E-state index contributed by atoms with van der Waals surface area (Å²) in [5.41, 5.74) is 6.14. The van der Waals surface area contributed by atoms with Crippen molar-refractivity contribution < 1.29 is 9.59 Å². The van der Waals surface area contributed by atoms with E-state index in [0.29, 0.717) is 17.6 Å². The van der Waals surface area contributed by atoms with Crippen molar-refractivity contribution in [3.63, 3.8) is 0 Å². The van der Waals surface area contributed by atoms with Crippen molar-refractivity contribution in [2.45, 2.75) is 42.6 Å². The van der Waals surface area contributed by atoms with Crippen LogP contribution in [0.2, 0.25) is 0 Å². The zero-order chi connectivity index (χ0) is 17.1. The lowest BCUT2D eigenvalue weighted by Gasteiger charge is -2.13. The second-order valence-electron chi connectivity index (χ2n) is 5.80. The van der Waals surface area contributed by atoms with Gasteiger partial charge >= 0.3 is 6.03 Å². The number of hydrogen-bond acceptors (Lipinski definition) is 5. The van der Waals surface area contributed by atoms with Gasteiger partial charge in [-0.1, -0.05) is 42.1 Å². The Balaban J connectivity index is 1.80. The fourth-order valence-corrected chi connectivity index (χ4v) is 3.24. The number of amides is 3. The molecule has 0 aliphatic heterocycles. The molecule has 3 N–H and O–H groups in total. The first-order valence-corrected chi connectivity index (χ1v) is 8.66. The predicted octanol–water partition coefficient (Wildman–Crippen LogP) is 1.88. The zero-order valence-electron chi connectivity index (χ0n) is 13.3. The third-order valence-electron chi connectivity index (χ3n) is 3.77.